The number of aromatic hydroxyl groups is 1. The van der Waals surface area contributed by atoms with Crippen LogP contribution in [0.5, 0.6) is 5.75 Å². The fraction of sp³-hybridized carbons (Fsp3) is 0. The largest absolute Gasteiger partial charge is 0.507 e. The number of H-pyrrole nitrogens is 1. The Kier molecular flexibility index (Phi) is 4.90. The second kappa shape index (κ2) is 7.27. The highest BCUT2D eigenvalue weighted by Gasteiger charge is 2.10. The molecule has 1 amide bonds. The SMILES string of the molecule is O=C(N/N=C\c1cc(Br)ccc1O)c1cc(-c2ccc(F)cc2)n[nH]1. The van der Waals surface area contributed by atoms with Gasteiger partial charge in [0.25, 0.3) is 5.91 Å². The molecular weight excluding hydrogens is 391 g/mol. The lowest BCUT2D eigenvalue weighted by molar-refractivity contribution is 0.0950. The summed E-state index contributed by atoms with van der Waals surface area (Å²) in [6, 6.07) is 12.2. The smallest absolute Gasteiger partial charge is 0.289 e. The molecule has 1 heterocycles. The van der Waals surface area contributed by atoms with E-state index in [9.17, 15) is 14.3 Å². The molecular formula is C17H12BrFN4O2. The average molecular weight is 403 g/mol. The zero-order valence-electron chi connectivity index (χ0n) is 12.7. The van der Waals surface area contributed by atoms with Gasteiger partial charge in [0.05, 0.1) is 11.9 Å². The van der Waals surface area contributed by atoms with E-state index >= 15 is 0 Å². The molecule has 8 heteroatoms. The zero-order chi connectivity index (χ0) is 17.8. The van der Waals surface area contributed by atoms with E-state index in [4.69, 9.17) is 0 Å². The van der Waals surface area contributed by atoms with Crippen LogP contribution in [-0.4, -0.2) is 27.4 Å². The molecule has 3 N–H and O–H groups in total. The van der Waals surface area contributed by atoms with Crippen molar-refractivity contribution in [3.05, 3.63) is 70.1 Å². The predicted molar refractivity (Wildman–Crippen MR) is 94.8 cm³/mol. The fourth-order valence-corrected chi connectivity index (χ4v) is 2.43. The molecule has 0 saturated carbocycles. The van der Waals surface area contributed by atoms with Crippen molar-refractivity contribution in [3.63, 3.8) is 0 Å². The van der Waals surface area contributed by atoms with Crippen LogP contribution in [-0.2, 0) is 0 Å². The first-order chi connectivity index (χ1) is 12.0. The minimum absolute atomic E-state index is 0.0429. The van der Waals surface area contributed by atoms with Gasteiger partial charge in [-0.2, -0.15) is 10.2 Å². The Morgan fingerprint density at radius 1 is 1.24 bits per heavy atom. The molecule has 0 aliphatic rings. The molecule has 0 unspecified atom stereocenters. The van der Waals surface area contributed by atoms with Crippen molar-refractivity contribution in [1.29, 1.82) is 0 Å². The minimum atomic E-state index is -0.494. The number of hydrogen-bond donors (Lipinski definition) is 3. The van der Waals surface area contributed by atoms with Gasteiger partial charge >= 0.3 is 0 Å². The molecule has 3 aromatic rings. The molecule has 0 fully saturated rings. The molecule has 1 aromatic heterocycles. The summed E-state index contributed by atoms with van der Waals surface area (Å²) < 4.78 is 13.7. The first kappa shape index (κ1) is 16.8. The van der Waals surface area contributed by atoms with Crippen molar-refractivity contribution in [2.24, 2.45) is 5.10 Å². The molecule has 126 valence electrons. The number of rotatable bonds is 4. The number of nitrogens with zero attached hydrogens (tertiary/aromatic N) is 2. The quantitative estimate of drug-likeness (QED) is 0.461. The van der Waals surface area contributed by atoms with Gasteiger partial charge in [0.2, 0.25) is 0 Å². The summed E-state index contributed by atoms with van der Waals surface area (Å²) in [6.07, 6.45) is 1.33. The maximum Gasteiger partial charge on any atom is 0.289 e. The van der Waals surface area contributed by atoms with Crippen LogP contribution < -0.4 is 5.43 Å². The maximum atomic E-state index is 12.9. The van der Waals surface area contributed by atoms with Gasteiger partial charge < -0.3 is 5.11 Å². The van der Waals surface area contributed by atoms with Crippen LogP contribution in [0.25, 0.3) is 11.3 Å². The zero-order valence-corrected chi connectivity index (χ0v) is 14.3. The number of carbonyl (C=O) groups excluding carboxylic acids is 1. The summed E-state index contributed by atoms with van der Waals surface area (Å²) in [6.45, 7) is 0. The Labute approximate surface area is 150 Å². The van der Waals surface area contributed by atoms with Crippen LogP contribution in [0.15, 0.2) is 58.1 Å². The van der Waals surface area contributed by atoms with E-state index in [1.807, 2.05) is 0 Å². The Hall–Kier alpha value is -3.00. The van der Waals surface area contributed by atoms with Gasteiger partial charge in [0.1, 0.15) is 17.3 Å². The third-order valence-corrected chi connectivity index (χ3v) is 3.82. The third kappa shape index (κ3) is 4.10. The van der Waals surface area contributed by atoms with E-state index in [1.54, 1.807) is 24.3 Å². The molecule has 3 rings (SSSR count). The topological polar surface area (TPSA) is 90.4 Å². The number of aromatic amines is 1. The van der Waals surface area contributed by atoms with Gasteiger partial charge in [-0.15, -0.1) is 0 Å². The molecule has 0 radical (unpaired) electrons. The van der Waals surface area contributed by atoms with E-state index in [0.29, 0.717) is 16.8 Å². The number of carbonyl (C=O) groups is 1. The molecule has 0 aliphatic carbocycles. The van der Waals surface area contributed by atoms with Gasteiger partial charge in [0, 0.05) is 15.6 Å². The monoisotopic (exact) mass is 402 g/mol. The highest BCUT2D eigenvalue weighted by atomic mass is 79.9. The second-order valence-electron chi connectivity index (χ2n) is 5.08. The molecule has 0 atom stereocenters. The number of benzene rings is 2. The van der Waals surface area contributed by atoms with E-state index in [1.165, 1.54) is 30.5 Å². The normalized spacial score (nSPS) is 11.0. The van der Waals surface area contributed by atoms with E-state index < -0.39 is 5.91 Å². The number of hydrogen-bond acceptors (Lipinski definition) is 4. The van der Waals surface area contributed by atoms with E-state index in [-0.39, 0.29) is 17.3 Å². The van der Waals surface area contributed by atoms with Crippen LogP contribution in [0.1, 0.15) is 16.1 Å². The summed E-state index contributed by atoms with van der Waals surface area (Å²) in [5.41, 5.74) is 4.19. The van der Waals surface area contributed by atoms with Crippen molar-refractivity contribution < 1.29 is 14.3 Å². The summed E-state index contributed by atoms with van der Waals surface area (Å²) in [5, 5.41) is 20.1. The van der Waals surface area contributed by atoms with Crippen LogP contribution in [0.3, 0.4) is 0 Å². The van der Waals surface area contributed by atoms with Crippen LogP contribution in [0, 0.1) is 5.82 Å². The second-order valence-corrected chi connectivity index (χ2v) is 5.99. The van der Waals surface area contributed by atoms with Crippen molar-refractivity contribution in [3.8, 4) is 17.0 Å². The first-order valence-electron chi connectivity index (χ1n) is 7.16. The Morgan fingerprint density at radius 3 is 2.76 bits per heavy atom. The maximum absolute atomic E-state index is 12.9. The predicted octanol–water partition coefficient (Wildman–Crippen LogP) is 3.45. The number of phenols is 1. The Bertz CT molecular complexity index is 938. The van der Waals surface area contributed by atoms with Gasteiger partial charge in [0.15, 0.2) is 0 Å². The average Bonchev–Trinajstić information content (AvgIpc) is 3.08. The van der Waals surface area contributed by atoms with Crippen molar-refractivity contribution >= 4 is 28.1 Å². The van der Waals surface area contributed by atoms with Crippen LogP contribution in [0.2, 0.25) is 0 Å². The van der Waals surface area contributed by atoms with E-state index in [2.05, 4.69) is 36.7 Å². The highest BCUT2D eigenvalue weighted by molar-refractivity contribution is 9.10. The summed E-state index contributed by atoms with van der Waals surface area (Å²) in [4.78, 5) is 12.1. The van der Waals surface area contributed by atoms with Gasteiger partial charge in [-0.3, -0.25) is 9.89 Å². The number of amides is 1. The van der Waals surface area contributed by atoms with Crippen molar-refractivity contribution in [2.75, 3.05) is 0 Å². The fourth-order valence-electron chi connectivity index (χ4n) is 2.06. The van der Waals surface area contributed by atoms with Crippen LogP contribution >= 0.6 is 15.9 Å². The highest BCUT2D eigenvalue weighted by Crippen LogP contribution is 2.20. The summed E-state index contributed by atoms with van der Waals surface area (Å²) >= 11 is 3.29. The lowest BCUT2D eigenvalue weighted by atomic mass is 10.1. The van der Waals surface area contributed by atoms with Gasteiger partial charge in [-0.25, -0.2) is 9.82 Å². The number of phenolic OH excluding ortho intramolecular Hbond substituents is 1. The molecule has 2 aromatic carbocycles. The Balaban J connectivity index is 1.69. The summed E-state index contributed by atoms with van der Waals surface area (Å²) in [7, 11) is 0. The van der Waals surface area contributed by atoms with Gasteiger partial charge in [-0.05, 0) is 48.5 Å². The molecule has 6 nitrogen and oxygen atoms in total. The molecule has 0 spiro atoms. The minimum Gasteiger partial charge on any atom is -0.507 e. The van der Waals surface area contributed by atoms with E-state index in [0.717, 1.165) is 4.47 Å². The standard InChI is InChI=1S/C17H12BrFN4O2/c18-12-3-6-16(24)11(7-12)9-20-23-17(25)15-8-14(21-22-15)10-1-4-13(19)5-2-10/h1-9,24H,(H,21,22)(H,23,25)/b20-9-. The first-order valence-corrected chi connectivity index (χ1v) is 7.95. The lowest BCUT2D eigenvalue weighted by Gasteiger charge is -1.99. The number of nitrogens with one attached hydrogen (secondary N) is 2. The lowest BCUT2D eigenvalue weighted by Crippen LogP contribution is -2.18. The van der Waals surface area contributed by atoms with Crippen molar-refractivity contribution in [1.82, 2.24) is 15.6 Å². The molecule has 0 saturated heterocycles. The molecule has 25 heavy (non-hydrogen) atoms. The molecule has 0 aliphatic heterocycles. The van der Waals surface area contributed by atoms with Crippen molar-refractivity contribution in [2.45, 2.75) is 0 Å². The Morgan fingerprint density at radius 2 is 2.00 bits per heavy atom. The number of aromatic nitrogens is 2. The number of halogens is 2. The third-order valence-electron chi connectivity index (χ3n) is 3.32. The van der Waals surface area contributed by atoms with Crippen LogP contribution in [0.4, 0.5) is 4.39 Å². The molecule has 0 bridgehead atoms. The summed E-state index contributed by atoms with van der Waals surface area (Å²) in [5.74, 6) is -0.796. The number of hydrazone groups is 1. The van der Waals surface area contributed by atoms with Gasteiger partial charge in [-0.1, -0.05) is 15.9 Å².